The number of rotatable bonds is 6. The third-order valence-electron chi connectivity index (χ3n) is 5.71. The standard InChI is InChI=1S/C19H25NO5S/c1-10-11(2)26-18(17(10)19(23)24-3)20-15(21)9-25-16(22)8-14-7-12-4-5-13(14)6-12/h12-14H,4-9H2,1-3H3,(H,20,21)/t12-,13-,14-/m1/s1. The van der Waals surface area contributed by atoms with Crippen LogP contribution in [0.1, 0.15) is 52.9 Å². The van der Waals surface area contributed by atoms with Crippen molar-refractivity contribution in [2.45, 2.75) is 46.0 Å². The van der Waals surface area contributed by atoms with Crippen molar-refractivity contribution in [2.24, 2.45) is 17.8 Å². The van der Waals surface area contributed by atoms with Crippen molar-refractivity contribution in [3.8, 4) is 0 Å². The Morgan fingerprint density at radius 2 is 1.96 bits per heavy atom. The third kappa shape index (κ3) is 3.92. The number of hydrogen-bond donors (Lipinski definition) is 1. The topological polar surface area (TPSA) is 81.7 Å². The number of methoxy groups -OCH3 is 1. The number of anilines is 1. The molecule has 1 heterocycles. The zero-order valence-electron chi connectivity index (χ0n) is 15.4. The minimum Gasteiger partial charge on any atom is -0.465 e. The molecule has 1 aromatic heterocycles. The van der Waals surface area contributed by atoms with Gasteiger partial charge in [-0.25, -0.2) is 4.79 Å². The Hall–Kier alpha value is -1.89. The maximum atomic E-state index is 12.1. The molecule has 6 nitrogen and oxygen atoms in total. The molecule has 1 N–H and O–H groups in total. The summed E-state index contributed by atoms with van der Waals surface area (Å²) in [5.74, 6) is 0.597. The number of carbonyl (C=O) groups is 3. The first-order chi connectivity index (χ1) is 12.4. The maximum absolute atomic E-state index is 12.1. The van der Waals surface area contributed by atoms with Crippen LogP contribution < -0.4 is 5.32 Å². The number of nitrogens with one attached hydrogen (secondary N) is 1. The molecule has 1 amide bonds. The summed E-state index contributed by atoms with van der Waals surface area (Å²) in [5, 5.41) is 3.10. The van der Waals surface area contributed by atoms with Crippen LogP contribution in [0.25, 0.3) is 0 Å². The summed E-state index contributed by atoms with van der Waals surface area (Å²) in [5.41, 5.74) is 1.14. The second kappa shape index (κ2) is 7.78. The van der Waals surface area contributed by atoms with E-state index < -0.39 is 11.9 Å². The smallest absolute Gasteiger partial charge is 0.341 e. The third-order valence-corrected chi connectivity index (χ3v) is 6.83. The Bertz CT molecular complexity index is 726. The van der Waals surface area contributed by atoms with Crippen LogP contribution in [0.3, 0.4) is 0 Å². The van der Waals surface area contributed by atoms with Gasteiger partial charge in [-0.2, -0.15) is 0 Å². The highest BCUT2D eigenvalue weighted by Gasteiger charge is 2.40. The van der Waals surface area contributed by atoms with E-state index in [0.29, 0.717) is 28.8 Å². The van der Waals surface area contributed by atoms with Crippen LogP contribution in [-0.4, -0.2) is 31.6 Å². The summed E-state index contributed by atoms with van der Waals surface area (Å²) in [6.45, 7) is 3.34. The average molecular weight is 379 g/mol. The molecule has 0 aliphatic heterocycles. The second-order valence-electron chi connectivity index (χ2n) is 7.33. The lowest BCUT2D eigenvalue weighted by molar-refractivity contribution is -0.148. The van der Waals surface area contributed by atoms with Gasteiger partial charge in [0, 0.05) is 11.3 Å². The summed E-state index contributed by atoms with van der Waals surface area (Å²) < 4.78 is 9.93. The molecule has 0 spiro atoms. The van der Waals surface area contributed by atoms with E-state index in [1.807, 2.05) is 13.8 Å². The van der Waals surface area contributed by atoms with E-state index in [-0.39, 0.29) is 12.6 Å². The molecular weight excluding hydrogens is 354 g/mol. The number of fused-ring (bicyclic) bond motifs is 2. The number of esters is 2. The normalized spacial score (nSPS) is 23.7. The van der Waals surface area contributed by atoms with Crippen LogP contribution >= 0.6 is 11.3 Å². The van der Waals surface area contributed by atoms with Gasteiger partial charge in [0.2, 0.25) is 0 Å². The predicted molar refractivity (Wildman–Crippen MR) is 98.3 cm³/mol. The van der Waals surface area contributed by atoms with Crippen LogP contribution in [0.5, 0.6) is 0 Å². The highest BCUT2D eigenvalue weighted by atomic mass is 32.1. The van der Waals surface area contributed by atoms with Gasteiger partial charge in [0.15, 0.2) is 6.61 Å². The minimum absolute atomic E-state index is 0.315. The zero-order valence-corrected chi connectivity index (χ0v) is 16.2. The lowest BCUT2D eigenvalue weighted by atomic mass is 9.86. The van der Waals surface area contributed by atoms with Crippen LogP contribution in [0.2, 0.25) is 0 Å². The fourth-order valence-corrected chi connectivity index (χ4v) is 5.34. The van der Waals surface area contributed by atoms with Crippen LogP contribution in [-0.2, 0) is 19.1 Å². The summed E-state index contributed by atoms with van der Waals surface area (Å²) in [6.07, 6.45) is 5.27. The van der Waals surface area contributed by atoms with Gasteiger partial charge in [0.05, 0.1) is 12.7 Å². The molecule has 3 rings (SSSR count). The van der Waals surface area contributed by atoms with Gasteiger partial charge in [-0.05, 0) is 56.4 Å². The summed E-state index contributed by atoms with van der Waals surface area (Å²) in [4.78, 5) is 37.0. The Labute approximate surface area is 157 Å². The lowest BCUT2D eigenvalue weighted by Crippen LogP contribution is -2.23. The van der Waals surface area contributed by atoms with Gasteiger partial charge >= 0.3 is 11.9 Å². The number of aryl methyl sites for hydroxylation is 1. The van der Waals surface area contributed by atoms with Crippen LogP contribution in [0.4, 0.5) is 5.00 Å². The SMILES string of the molecule is COC(=O)c1c(NC(=O)COC(=O)C[C@H]2C[C@@H]3CC[C@@H]2C3)sc(C)c1C. The molecule has 2 saturated carbocycles. The number of thiophene rings is 1. The first-order valence-electron chi connectivity index (χ1n) is 9.02. The van der Waals surface area contributed by atoms with Gasteiger partial charge in [-0.15, -0.1) is 11.3 Å². The van der Waals surface area contributed by atoms with E-state index in [9.17, 15) is 14.4 Å². The summed E-state index contributed by atoms with van der Waals surface area (Å²) in [7, 11) is 1.30. The number of amides is 1. The first kappa shape index (κ1) is 18.9. The molecule has 0 unspecified atom stereocenters. The van der Waals surface area contributed by atoms with E-state index in [1.165, 1.54) is 37.7 Å². The molecule has 0 aromatic carbocycles. The molecule has 0 radical (unpaired) electrons. The largest absolute Gasteiger partial charge is 0.465 e. The molecular formula is C19H25NO5S. The number of ether oxygens (including phenoxy) is 2. The van der Waals surface area contributed by atoms with Crippen molar-refractivity contribution < 1.29 is 23.9 Å². The van der Waals surface area contributed by atoms with Gasteiger partial charge in [-0.1, -0.05) is 6.42 Å². The Morgan fingerprint density at radius 1 is 1.19 bits per heavy atom. The number of carbonyl (C=O) groups excluding carboxylic acids is 3. The van der Waals surface area contributed by atoms with Gasteiger partial charge < -0.3 is 14.8 Å². The molecule has 0 saturated heterocycles. The second-order valence-corrected chi connectivity index (χ2v) is 8.55. The van der Waals surface area contributed by atoms with E-state index in [1.54, 1.807) is 0 Å². The van der Waals surface area contributed by atoms with Crippen molar-refractivity contribution in [3.05, 3.63) is 16.0 Å². The van der Waals surface area contributed by atoms with E-state index >= 15 is 0 Å². The van der Waals surface area contributed by atoms with Crippen molar-refractivity contribution in [1.82, 2.24) is 0 Å². The fourth-order valence-electron chi connectivity index (χ4n) is 4.27. The lowest BCUT2D eigenvalue weighted by Gasteiger charge is -2.20. The maximum Gasteiger partial charge on any atom is 0.341 e. The summed E-state index contributed by atoms with van der Waals surface area (Å²) >= 11 is 1.31. The predicted octanol–water partition coefficient (Wildman–Crippen LogP) is 3.46. The molecule has 26 heavy (non-hydrogen) atoms. The first-order valence-corrected chi connectivity index (χ1v) is 9.84. The van der Waals surface area contributed by atoms with Crippen molar-refractivity contribution in [3.63, 3.8) is 0 Å². The molecule has 2 fully saturated rings. The van der Waals surface area contributed by atoms with E-state index in [0.717, 1.165) is 22.8 Å². The van der Waals surface area contributed by atoms with Gasteiger partial charge in [0.1, 0.15) is 5.00 Å². The average Bonchev–Trinajstić information content (AvgIpc) is 3.28. The van der Waals surface area contributed by atoms with Crippen molar-refractivity contribution >= 4 is 34.2 Å². The molecule has 3 atom stereocenters. The Balaban J connectivity index is 1.50. The molecule has 2 aliphatic rings. The molecule has 142 valence electrons. The Kier molecular flexibility index (Phi) is 5.65. The zero-order chi connectivity index (χ0) is 18.8. The van der Waals surface area contributed by atoms with Crippen LogP contribution in [0.15, 0.2) is 0 Å². The van der Waals surface area contributed by atoms with Crippen molar-refractivity contribution in [1.29, 1.82) is 0 Å². The molecule has 7 heteroatoms. The van der Waals surface area contributed by atoms with E-state index in [2.05, 4.69) is 5.32 Å². The Morgan fingerprint density at radius 3 is 2.58 bits per heavy atom. The quantitative estimate of drug-likeness (QED) is 0.766. The number of hydrogen-bond acceptors (Lipinski definition) is 6. The highest BCUT2D eigenvalue weighted by molar-refractivity contribution is 7.16. The van der Waals surface area contributed by atoms with Gasteiger partial charge in [-0.3, -0.25) is 9.59 Å². The highest BCUT2D eigenvalue weighted by Crippen LogP contribution is 2.49. The van der Waals surface area contributed by atoms with Crippen LogP contribution in [0, 0.1) is 31.6 Å². The summed E-state index contributed by atoms with van der Waals surface area (Å²) in [6, 6.07) is 0. The molecule has 2 bridgehead atoms. The monoisotopic (exact) mass is 379 g/mol. The molecule has 1 aromatic rings. The van der Waals surface area contributed by atoms with E-state index in [4.69, 9.17) is 9.47 Å². The van der Waals surface area contributed by atoms with Crippen molar-refractivity contribution in [2.75, 3.05) is 19.0 Å². The van der Waals surface area contributed by atoms with Gasteiger partial charge in [0.25, 0.3) is 5.91 Å². The fraction of sp³-hybridized carbons (Fsp3) is 0.632. The minimum atomic E-state index is -0.490. The molecule has 2 aliphatic carbocycles.